The molecule has 1 saturated heterocycles. The summed E-state index contributed by atoms with van der Waals surface area (Å²) in [5, 5.41) is 29.4. The lowest BCUT2D eigenvalue weighted by molar-refractivity contribution is -0.153. The first-order valence-corrected chi connectivity index (χ1v) is 14.0. The number of carboxylic acids is 1. The van der Waals surface area contributed by atoms with E-state index in [1.165, 1.54) is 16.4 Å². The van der Waals surface area contributed by atoms with Gasteiger partial charge in [-0.25, -0.2) is 14.1 Å². The molecular formula is C20H28N10O7S2. The summed E-state index contributed by atoms with van der Waals surface area (Å²) in [6, 6.07) is -2.32. The molecule has 19 heteroatoms. The number of nitrogens with two attached hydrogens (primary N) is 2. The zero-order valence-electron chi connectivity index (χ0n) is 20.6. The lowest BCUT2D eigenvalue weighted by Crippen LogP contribution is -2.72. The summed E-state index contributed by atoms with van der Waals surface area (Å²) in [4.78, 5) is 34.9. The normalized spacial score (nSPS) is 20.4. The summed E-state index contributed by atoms with van der Waals surface area (Å²) in [6.07, 6.45) is 2.78. The van der Waals surface area contributed by atoms with Crippen molar-refractivity contribution in [2.75, 3.05) is 18.8 Å². The largest absolute Gasteiger partial charge is 0.478 e. The van der Waals surface area contributed by atoms with Gasteiger partial charge in [-0.3, -0.25) is 9.35 Å². The van der Waals surface area contributed by atoms with Crippen molar-refractivity contribution in [1.29, 1.82) is 0 Å². The number of carbonyl (C=O) groups is 2. The van der Waals surface area contributed by atoms with Gasteiger partial charge in [0.15, 0.2) is 10.8 Å². The molecule has 1 amide bonds. The summed E-state index contributed by atoms with van der Waals surface area (Å²) in [7, 11) is -4.89. The Bertz CT molecular complexity index is 1380. The number of allylic oxidation sites excluding steroid dienone is 1. The summed E-state index contributed by atoms with van der Waals surface area (Å²) < 4.78 is 33.8. The standard InChI is InChI=1S/C20H28N10O7S2/c1-11(15(13-10-38-19(22)26-13)28-37-20(3-4-20)18(32)33)25-16-14(30(17(16)31)39(34,35)36)9-29-24-8-12(27-29)7-23-6-2-5-21/h8,10,14,16,23,25H,1-7,9,21H2,(H2,22,26)(H,32,33)(H,34,35,36)/b28-15+. The van der Waals surface area contributed by atoms with E-state index in [2.05, 4.69) is 37.5 Å². The summed E-state index contributed by atoms with van der Waals surface area (Å²) in [5.41, 5.74) is 10.5. The Morgan fingerprint density at radius 1 is 1.41 bits per heavy atom. The molecule has 39 heavy (non-hydrogen) atoms. The predicted octanol–water partition coefficient (Wildman–Crippen LogP) is -1.72. The molecule has 17 nitrogen and oxygen atoms in total. The van der Waals surface area contributed by atoms with Crippen LogP contribution >= 0.6 is 11.3 Å². The van der Waals surface area contributed by atoms with Crippen LogP contribution in [0.25, 0.3) is 0 Å². The summed E-state index contributed by atoms with van der Waals surface area (Å²) in [6.45, 7) is 5.29. The zero-order chi connectivity index (χ0) is 28.4. The van der Waals surface area contributed by atoms with E-state index in [1.807, 2.05) is 0 Å². The number of nitrogens with one attached hydrogen (secondary N) is 2. The smallest absolute Gasteiger partial charge is 0.362 e. The molecule has 212 valence electrons. The molecule has 2 aromatic rings. The van der Waals surface area contributed by atoms with Crippen molar-refractivity contribution in [2.24, 2.45) is 10.9 Å². The van der Waals surface area contributed by atoms with Gasteiger partial charge in [0, 0.05) is 24.8 Å². The van der Waals surface area contributed by atoms with Crippen LogP contribution in [-0.2, 0) is 37.8 Å². The van der Waals surface area contributed by atoms with Gasteiger partial charge in [0.2, 0.25) is 5.60 Å². The maximum absolute atomic E-state index is 12.8. The van der Waals surface area contributed by atoms with Crippen molar-refractivity contribution in [2.45, 2.75) is 50.0 Å². The Labute approximate surface area is 226 Å². The Balaban J connectivity index is 1.51. The molecule has 3 heterocycles. The van der Waals surface area contributed by atoms with Crippen LogP contribution in [0.2, 0.25) is 0 Å². The van der Waals surface area contributed by atoms with Crippen LogP contribution in [0.4, 0.5) is 5.13 Å². The van der Waals surface area contributed by atoms with Crippen molar-refractivity contribution in [3.8, 4) is 0 Å². The van der Waals surface area contributed by atoms with Gasteiger partial charge in [0.05, 0.1) is 24.1 Å². The van der Waals surface area contributed by atoms with E-state index < -0.39 is 39.9 Å². The van der Waals surface area contributed by atoms with Crippen LogP contribution in [0, 0.1) is 0 Å². The monoisotopic (exact) mass is 584 g/mol. The Morgan fingerprint density at radius 3 is 2.74 bits per heavy atom. The third-order valence-corrected chi connectivity index (χ3v) is 7.62. The molecule has 0 radical (unpaired) electrons. The minimum Gasteiger partial charge on any atom is -0.478 e. The number of nitrogen functional groups attached to an aromatic ring is 1. The summed E-state index contributed by atoms with van der Waals surface area (Å²) >= 11 is 1.09. The number of amides is 1. The first-order chi connectivity index (χ1) is 18.4. The second-order valence-corrected chi connectivity index (χ2v) is 11.1. The predicted molar refractivity (Wildman–Crippen MR) is 137 cm³/mol. The molecule has 1 saturated carbocycles. The van der Waals surface area contributed by atoms with E-state index >= 15 is 0 Å². The van der Waals surface area contributed by atoms with Crippen molar-refractivity contribution >= 4 is 44.4 Å². The Morgan fingerprint density at radius 2 is 2.15 bits per heavy atom. The molecule has 1 aliphatic heterocycles. The second-order valence-electron chi connectivity index (χ2n) is 8.89. The lowest BCUT2D eigenvalue weighted by Gasteiger charge is -2.44. The average molecular weight is 585 g/mol. The van der Waals surface area contributed by atoms with Gasteiger partial charge in [0.1, 0.15) is 17.8 Å². The number of carboxylic acid groups (broad SMARTS) is 1. The molecular weight excluding hydrogens is 556 g/mol. The van der Waals surface area contributed by atoms with E-state index in [4.69, 9.17) is 16.3 Å². The van der Waals surface area contributed by atoms with E-state index in [1.54, 1.807) is 0 Å². The molecule has 2 aromatic heterocycles. The molecule has 2 aliphatic rings. The highest BCUT2D eigenvalue weighted by atomic mass is 32.2. The first-order valence-electron chi connectivity index (χ1n) is 11.7. The summed E-state index contributed by atoms with van der Waals surface area (Å²) in [5.74, 6) is -2.14. The van der Waals surface area contributed by atoms with Crippen molar-refractivity contribution in [3.05, 3.63) is 35.2 Å². The highest BCUT2D eigenvalue weighted by molar-refractivity contribution is 7.84. The van der Waals surface area contributed by atoms with Crippen LogP contribution < -0.4 is 22.1 Å². The van der Waals surface area contributed by atoms with Gasteiger partial charge in [-0.15, -0.1) is 11.3 Å². The second kappa shape index (κ2) is 11.2. The van der Waals surface area contributed by atoms with Crippen LogP contribution in [0.15, 0.2) is 29.0 Å². The molecule has 0 aromatic carbocycles. The van der Waals surface area contributed by atoms with Crippen molar-refractivity contribution in [3.63, 3.8) is 0 Å². The fraction of sp³-hybridized carbons (Fsp3) is 0.500. The molecule has 0 bridgehead atoms. The van der Waals surface area contributed by atoms with E-state index in [9.17, 15) is 27.7 Å². The molecule has 2 unspecified atom stereocenters. The number of β-lactam (4-membered cyclic amide) rings is 1. The number of oxime groups is 1. The van der Waals surface area contributed by atoms with Crippen molar-refractivity contribution in [1.82, 2.24) is 34.9 Å². The molecule has 0 spiro atoms. The maximum atomic E-state index is 12.8. The van der Waals surface area contributed by atoms with E-state index in [0.29, 0.717) is 29.6 Å². The van der Waals surface area contributed by atoms with Gasteiger partial charge in [-0.2, -0.15) is 23.4 Å². The number of hydrogen-bond acceptors (Lipinski definition) is 14. The fourth-order valence-electron chi connectivity index (χ4n) is 3.75. The lowest BCUT2D eigenvalue weighted by atomic mass is 9.98. The van der Waals surface area contributed by atoms with Crippen LogP contribution in [-0.4, -0.2) is 90.7 Å². The molecule has 2 atom stereocenters. The third-order valence-electron chi connectivity index (χ3n) is 6.00. The molecule has 2 fully saturated rings. The number of hydrogen-bond donors (Lipinski definition) is 6. The minimum atomic E-state index is -4.89. The topological polar surface area (TPSA) is 253 Å². The van der Waals surface area contributed by atoms with E-state index in [0.717, 1.165) is 17.8 Å². The number of nitrogens with zero attached hydrogens (tertiary/aromatic N) is 6. The molecule has 1 aliphatic carbocycles. The van der Waals surface area contributed by atoms with Gasteiger partial charge in [-0.05, 0) is 19.5 Å². The third kappa shape index (κ3) is 6.33. The van der Waals surface area contributed by atoms with Gasteiger partial charge in [-0.1, -0.05) is 11.7 Å². The first kappa shape index (κ1) is 28.4. The van der Waals surface area contributed by atoms with Gasteiger partial charge >= 0.3 is 16.3 Å². The van der Waals surface area contributed by atoms with E-state index in [-0.39, 0.29) is 41.6 Å². The number of rotatable bonds is 15. The average Bonchev–Trinajstić information content (AvgIpc) is 3.33. The SMILES string of the molecule is C=C(NC1C(=O)N(S(=O)(=O)O)C1Cn1ncc(CNCCCN)n1)/C(=N\OC1(C(=O)O)CC1)c1csc(N)n1. The fourth-order valence-corrected chi connectivity index (χ4v) is 5.17. The van der Waals surface area contributed by atoms with Crippen LogP contribution in [0.5, 0.6) is 0 Å². The van der Waals surface area contributed by atoms with Gasteiger partial charge < -0.3 is 32.0 Å². The Hall–Kier alpha value is -3.65. The van der Waals surface area contributed by atoms with Crippen LogP contribution in [0.3, 0.4) is 0 Å². The number of thiazole rings is 1. The quantitative estimate of drug-likeness (QED) is 0.0448. The number of anilines is 1. The minimum absolute atomic E-state index is 0.0157. The number of aliphatic carboxylic acids is 1. The zero-order valence-corrected chi connectivity index (χ0v) is 22.2. The maximum Gasteiger partial charge on any atom is 0.362 e. The van der Waals surface area contributed by atoms with Crippen molar-refractivity contribution < 1.29 is 32.5 Å². The molecule has 8 N–H and O–H groups in total. The van der Waals surface area contributed by atoms with Gasteiger partial charge in [0.25, 0.3) is 5.91 Å². The number of carbonyl (C=O) groups excluding carboxylic acids is 1. The highest BCUT2D eigenvalue weighted by Gasteiger charge is 2.55. The highest BCUT2D eigenvalue weighted by Crippen LogP contribution is 2.40. The Kier molecular flexibility index (Phi) is 8.16. The molecule has 4 rings (SSSR count). The number of aromatic nitrogens is 4. The van der Waals surface area contributed by atoms with Crippen LogP contribution in [0.1, 0.15) is 30.7 Å².